The number of hydrogen-bond donors (Lipinski definition) is 0. The minimum atomic E-state index is -0.686. The van der Waals surface area contributed by atoms with Crippen LogP contribution in [0, 0.1) is 0 Å². The number of carbonyl (C=O) groups is 1. The average Bonchev–Trinajstić information content (AvgIpc) is 2.76. The fourth-order valence-corrected chi connectivity index (χ4v) is 1.92. The van der Waals surface area contributed by atoms with Gasteiger partial charge in [0.05, 0.1) is 13.3 Å². The van der Waals surface area contributed by atoms with Gasteiger partial charge in [-0.1, -0.05) is 0 Å². The fraction of sp³-hybridized carbons (Fsp3) is 0.500. The van der Waals surface area contributed by atoms with Crippen LogP contribution in [0.1, 0.15) is 30.1 Å². The van der Waals surface area contributed by atoms with Crippen molar-refractivity contribution in [3.05, 3.63) is 24.0 Å². The van der Waals surface area contributed by atoms with E-state index in [0.29, 0.717) is 17.9 Å². The summed E-state index contributed by atoms with van der Waals surface area (Å²) >= 11 is 0. The van der Waals surface area contributed by atoms with E-state index in [4.69, 9.17) is 9.47 Å². The molecule has 4 nitrogen and oxygen atoms in total. The maximum Gasteiger partial charge on any atom is 0.196 e. The van der Waals surface area contributed by atoms with Gasteiger partial charge in [0.15, 0.2) is 5.78 Å². The summed E-state index contributed by atoms with van der Waals surface area (Å²) in [5.74, 6) is 0.573. The highest BCUT2D eigenvalue weighted by molar-refractivity contribution is 6.02. The summed E-state index contributed by atoms with van der Waals surface area (Å²) in [6, 6.07) is 1.70. The number of rotatable bonds is 3. The van der Waals surface area contributed by atoms with Gasteiger partial charge in [-0.2, -0.15) is 0 Å². The lowest BCUT2D eigenvalue weighted by Gasteiger charge is -2.21. The van der Waals surface area contributed by atoms with E-state index in [1.165, 1.54) is 0 Å². The molecule has 0 N–H and O–H groups in total. The largest absolute Gasteiger partial charge is 0.495 e. The van der Waals surface area contributed by atoms with Gasteiger partial charge in [-0.15, -0.1) is 0 Å². The Bertz CT molecular complexity index is 397. The minimum absolute atomic E-state index is 0.0172. The van der Waals surface area contributed by atoms with Crippen LogP contribution in [-0.2, 0) is 4.74 Å². The van der Waals surface area contributed by atoms with Crippen LogP contribution in [0.4, 0.5) is 0 Å². The van der Waals surface area contributed by atoms with Crippen molar-refractivity contribution in [3.8, 4) is 5.75 Å². The highest BCUT2D eigenvalue weighted by atomic mass is 16.5. The molecule has 1 aliphatic heterocycles. The van der Waals surface area contributed by atoms with E-state index >= 15 is 0 Å². The molecule has 0 amide bonds. The van der Waals surface area contributed by atoms with E-state index < -0.39 is 5.60 Å². The zero-order valence-corrected chi connectivity index (χ0v) is 9.53. The quantitative estimate of drug-likeness (QED) is 0.731. The van der Waals surface area contributed by atoms with Gasteiger partial charge in [-0.25, -0.2) is 0 Å². The highest BCUT2D eigenvalue weighted by Crippen LogP contribution is 2.29. The normalized spacial score (nSPS) is 24.4. The van der Waals surface area contributed by atoms with E-state index in [0.717, 1.165) is 12.8 Å². The number of pyridine rings is 1. The van der Waals surface area contributed by atoms with E-state index in [2.05, 4.69) is 4.98 Å². The zero-order valence-electron chi connectivity index (χ0n) is 9.53. The van der Waals surface area contributed by atoms with Gasteiger partial charge in [0.2, 0.25) is 0 Å². The number of aromatic nitrogens is 1. The third-order valence-electron chi connectivity index (χ3n) is 2.91. The van der Waals surface area contributed by atoms with Gasteiger partial charge >= 0.3 is 0 Å². The summed E-state index contributed by atoms with van der Waals surface area (Å²) < 4.78 is 10.6. The number of methoxy groups -OCH3 is 1. The van der Waals surface area contributed by atoms with Gasteiger partial charge in [0.25, 0.3) is 0 Å². The molecule has 0 spiro atoms. The Kier molecular flexibility index (Phi) is 2.92. The van der Waals surface area contributed by atoms with Crippen LogP contribution in [0.5, 0.6) is 5.75 Å². The predicted molar refractivity (Wildman–Crippen MR) is 58.7 cm³/mol. The third kappa shape index (κ3) is 1.93. The van der Waals surface area contributed by atoms with Crippen LogP contribution in [0.15, 0.2) is 18.5 Å². The molecule has 1 aliphatic rings. The van der Waals surface area contributed by atoms with E-state index in [-0.39, 0.29) is 5.78 Å². The second-order valence-electron chi connectivity index (χ2n) is 4.13. The summed E-state index contributed by atoms with van der Waals surface area (Å²) in [6.45, 7) is 2.49. The van der Waals surface area contributed by atoms with Crippen LogP contribution in [-0.4, -0.2) is 30.1 Å². The van der Waals surface area contributed by atoms with Crippen molar-refractivity contribution in [1.82, 2.24) is 4.98 Å². The summed E-state index contributed by atoms with van der Waals surface area (Å²) in [6.07, 6.45) is 4.83. The Hall–Kier alpha value is -1.42. The summed E-state index contributed by atoms with van der Waals surface area (Å²) in [7, 11) is 1.55. The summed E-state index contributed by atoms with van der Waals surface area (Å²) in [4.78, 5) is 16.2. The number of carbonyl (C=O) groups excluding carboxylic acids is 1. The Morgan fingerprint density at radius 2 is 2.38 bits per heavy atom. The lowest BCUT2D eigenvalue weighted by molar-refractivity contribution is 0.0213. The molecular formula is C12H15NO3. The van der Waals surface area contributed by atoms with Crippen molar-refractivity contribution in [2.24, 2.45) is 0 Å². The van der Waals surface area contributed by atoms with Crippen molar-refractivity contribution < 1.29 is 14.3 Å². The average molecular weight is 221 g/mol. The van der Waals surface area contributed by atoms with Gasteiger partial charge in [-0.05, 0) is 25.8 Å². The van der Waals surface area contributed by atoms with Gasteiger partial charge in [0, 0.05) is 18.4 Å². The lowest BCUT2D eigenvalue weighted by Crippen LogP contribution is -2.34. The molecule has 1 aromatic rings. The molecule has 4 heteroatoms. The molecule has 0 aliphatic carbocycles. The molecule has 1 fully saturated rings. The maximum absolute atomic E-state index is 12.2. The van der Waals surface area contributed by atoms with Crippen LogP contribution in [0.2, 0.25) is 0 Å². The Morgan fingerprint density at radius 3 is 3.00 bits per heavy atom. The minimum Gasteiger partial charge on any atom is -0.495 e. The van der Waals surface area contributed by atoms with E-state index in [1.807, 2.05) is 6.92 Å². The van der Waals surface area contributed by atoms with Crippen LogP contribution in [0.25, 0.3) is 0 Å². The first-order valence-corrected chi connectivity index (χ1v) is 5.33. The molecule has 16 heavy (non-hydrogen) atoms. The zero-order chi connectivity index (χ0) is 11.6. The molecule has 86 valence electrons. The second-order valence-corrected chi connectivity index (χ2v) is 4.13. The second kappa shape index (κ2) is 4.22. The van der Waals surface area contributed by atoms with Gasteiger partial charge < -0.3 is 9.47 Å². The molecular weight excluding hydrogens is 206 g/mol. The Morgan fingerprint density at radius 1 is 1.56 bits per heavy atom. The molecule has 1 unspecified atom stereocenters. The van der Waals surface area contributed by atoms with Crippen molar-refractivity contribution in [2.75, 3.05) is 13.7 Å². The van der Waals surface area contributed by atoms with Crippen LogP contribution in [0.3, 0.4) is 0 Å². The van der Waals surface area contributed by atoms with Crippen LogP contribution < -0.4 is 4.74 Å². The van der Waals surface area contributed by atoms with Crippen LogP contribution >= 0.6 is 0 Å². The molecule has 2 rings (SSSR count). The monoisotopic (exact) mass is 221 g/mol. The van der Waals surface area contributed by atoms with Crippen molar-refractivity contribution in [1.29, 1.82) is 0 Å². The first-order chi connectivity index (χ1) is 7.65. The molecule has 1 aromatic heterocycles. The van der Waals surface area contributed by atoms with E-state index in [1.54, 1.807) is 25.6 Å². The third-order valence-corrected chi connectivity index (χ3v) is 2.91. The number of Topliss-reactive ketones (excluding diaryl/α,β-unsaturated/α-hetero) is 1. The van der Waals surface area contributed by atoms with E-state index in [9.17, 15) is 4.79 Å². The number of nitrogens with zero attached hydrogens (tertiary/aromatic N) is 1. The van der Waals surface area contributed by atoms with Crippen molar-refractivity contribution >= 4 is 5.78 Å². The van der Waals surface area contributed by atoms with Gasteiger partial charge in [-0.3, -0.25) is 9.78 Å². The molecule has 1 atom stereocenters. The lowest BCUT2D eigenvalue weighted by atomic mass is 9.93. The number of ether oxygens (including phenoxy) is 2. The standard InChI is InChI=1S/C12H15NO3/c1-12(4-3-5-16-12)11(14)9-6-10(15-2)8-13-7-9/h6-8H,3-5H2,1-2H3. The molecule has 2 heterocycles. The molecule has 0 saturated carbocycles. The highest BCUT2D eigenvalue weighted by Gasteiger charge is 2.38. The molecule has 0 radical (unpaired) electrons. The SMILES string of the molecule is COc1cncc(C(=O)C2(C)CCCO2)c1. The maximum atomic E-state index is 12.2. The smallest absolute Gasteiger partial charge is 0.196 e. The fourth-order valence-electron chi connectivity index (χ4n) is 1.92. The first kappa shape index (κ1) is 11.1. The number of ketones is 1. The topological polar surface area (TPSA) is 48.4 Å². The molecule has 0 aromatic carbocycles. The molecule has 1 saturated heterocycles. The predicted octanol–water partition coefficient (Wildman–Crippen LogP) is 1.84. The van der Waals surface area contributed by atoms with Crippen molar-refractivity contribution in [3.63, 3.8) is 0 Å². The first-order valence-electron chi connectivity index (χ1n) is 5.33. The van der Waals surface area contributed by atoms with Crippen molar-refractivity contribution in [2.45, 2.75) is 25.4 Å². The number of hydrogen-bond acceptors (Lipinski definition) is 4. The molecule has 0 bridgehead atoms. The summed E-state index contributed by atoms with van der Waals surface area (Å²) in [5, 5.41) is 0. The van der Waals surface area contributed by atoms with Gasteiger partial charge in [0.1, 0.15) is 11.4 Å². The summed E-state index contributed by atoms with van der Waals surface area (Å²) in [5.41, 5.74) is -0.141. The Labute approximate surface area is 94.6 Å². The Balaban J connectivity index is 2.26.